The van der Waals surface area contributed by atoms with Crippen LogP contribution < -0.4 is 5.32 Å². The van der Waals surface area contributed by atoms with Crippen molar-refractivity contribution in [3.05, 3.63) is 0 Å². The maximum atomic E-state index is 11.3. The molecule has 0 aromatic rings. The Morgan fingerprint density at radius 2 is 1.81 bits per heavy atom. The van der Waals surface area contributed by atoms with Gasteiger partial charge in [0.25, 0.3) is 0 Å². The molecule has 0 aromatic carbocycles. The lowest BCUT2D eigenvalue weighted by Gasteiger charge is -2.21. The van der Waals surface area contributed by atoms with Crippen molar-refractivity contribution in [1.29, 1.82) is 0 Å². The number of Topliss-reactive ketones (excluding diaryl/α,β-unsaturated/α-hetero) is 2. The standard InChI is InChI=1S/C10H16BrNO4/c1-6(8(14)7(13)5-11)12-9(15)16-10(2,3)4/h6H,5H2,1-4H3,(H,12,15)/t6-/m0/s1. The number of hydrogen-bond acceptors (Lipinski definition) is 4. The number of ketones is 2. The molecular weight excluding hydrogens is 278 g/mol. The minimum atomic E-state index is -0.875. The summed E-state index contributed by atoms with van der Waals surface area (Å²) in [5.74, 6) is -1.23. The summed E-state index contributed by atoms with van der Waals surface area (Å²) in [6, 6.07) is -0.875. The van der Waals surface area contributed by atoms with Crippen molar-refractivity contribution in [3.63, 3.8) is 0 Å². The number of carbonyl (C=O) groups excluding carboxylic acids is 3. The van der Waals surface area contributed by atoms with Gasteiger partial charge in [-0.05, 0) is 27.7 Å². The van der Waals surface area contributed by atoms with E-state index in [9.17, 15) is 14.4 Å². The summed E-state index contributed by atoms with van der Waals surface area (Å²) < 4.78 is 4.95. The molecule has 0 unspecified atom stereocenters. The third-order valence-electron chi connectivity index (χ3n) is 1.52. The van der Waals surface area contributed by atoms with E-state index in [4.69, 9.17) is 4.74 Å². The van der Waals surface area contributed by atoms with Gasteiger partial charge in [0, 0.05) is 0 Å². The van der Waals surface area contributed by atoms with Crippen LogP contribution in [0.15, 0.2) is 0 Å². The van der Waals surface area contributed by atoms with Crippen molar-refractivity contribution in [3.8, 4) is 0 Å². The quantitative estimate of drug-likeness (QED) is 0.629. The number of ether oxygens (including phenoxy) is 1. The fraction of sp³-hybridized carbons (Fsp3) is 0.700. The number of rotatable bonds is 4. The van der Waals surface area contributed by atoms with E-state index in [1.165, 1.54) is 6.92 Å². The van der Waals surface area contributed by atoms with Gasteiger partial charge in [-0.1, -0.05) is 15.9 Å². The lowest BCUT2D eigenvalue weighted by Crippen LogP contribution is -2.44. The van der Waals surface area contributed by atoms with Crippen LogP contribution in [0.4, 0.5) is 4.79 Å². The molecule has 0 fully saturated rings. The number of carbonyl (C=O) groups is 3. The predicted octanol–water partition coefficient (Wildman–Crippen LogP) is 1.43. The van der Waals surface area contributed by atoms with E-state index in [2.05, 4.69) is 21.2 Å². The number of halogens is 1. The Morgan fingerprint density at radius 3 is 2.19 bits per heavy atom. The highest BCUT2D eigenvalue weighted by molar-refractivity contribution is 9.09. The Hall–Kier alpha value is -0.910. The van der Waals surface area contributed by atoms with Gasteiger partial charge in [0.15, 0.2) is 0 Å². The van der Waals surface area contributed by atoms with Gasteiger partial charge in [-0.3, -0.25) is 9.59 Å². The fourth-order valence-corrected chi connectivity index (χ4v) is 1.13. The van der Waals surface area contributed by atoms with Gasteiger partial charge in [0.1, 0.15) is 5.60 Å². The van der Waals surface area contributed by atoms with Crippen molar-refractivity contribution < 1.29 is 19.1 Å². The number of alkyl carbamates (subject to hydrolysis) is 1. The molecule has 1 N–H and O–H groups in total. The lowest BCUT2D eigenvalue weighted by atomic mass is 10.1. The second-order valence-corrected chi connectivity index (χ2v) is 4.85. The van der Waals surface area contributed by atoms with Crippen LogP contribution in [-0.2, 0) is 14.3 Å². The van der Waals surface area contributed by atoms with E-state index in [1.807, 2.05) is 0 Å². The predicted molar refractivity (Wildman–Crippen MR) is 62.6 cm³/mol. The van der Waals surface area contributed by atoms with Gasteiger partial charge >= 0.3 is 6.09 Å². The first-order chi connectivity index (χ1) is 7.17. The Kier molecular flexibility index (Phi) is 5.64. The lowest BCUT2D eigenvalue weighted by molar-refractivity contribution is -0.136. The van der Waals surface area contributed by atoms with E-state index >= 15 is 0 Å². The van der Waals surface area contributed by atoms with Crippen LogP contribution in [0.2, 0.25) is 0 Å². The Labute approximate surface area is 103 Å². The number of alkyl halides is 1. The van der Waals surface area contributed by atoms with E-state index in [-0.39, 0.29) is 5.33 Å². The van der Waals surface area contributed by atoms with E-state index in [0.717, 1.165) is 0 Å². The SMILES string of the molecule is C[C@H](NC(=O)OC(C)(C)C)C(=O)C(=O)CBr. The van der Waals surface area contributed by atoms with Gasteiger partial charge in [-0.15, -0.1) is 0 Å². The number of amides is 1. The molecule has 0 rings (SSSR count). The molecule has 0 spiro atoms. The normalized spacial score (nSPS) is 12.8. The zero-order valence-corrected chi connectivity index (χ0v) is 11.4. The smallest absolute Gasteiger partial charge is 0.408 e. The zero-order valence-electron chi connectivity index (χ0n) is 9.80. The molecule has 16 heavy (non-hydrogen) atoms. The van der Waals surface area contributed by atoms with Gasteiger partial charge < -0.3 is 10.1 Å². The number of nitrogens with one attached hydrogen (secondary N) is 1. The van der Waals surface area contributed by atoms with Crippen molar-refractivity contribution in [1.82, 2.24) is 5.32 Å². The first kappa shape index (κ1) is 15.1. The topological polar surface area (TPSA) is 72.5 Å². The van der Waals surface area contributed by atoms with Crippen LogP contribution in [0.25, 0.3) is 0 Å². The van der Waals surface area contributed by atoms with Crippen LogP contribution in [0.5, 0.6) is 0 Å². The molecule has 6 heteroatoms. The van der Waals surface area contributed by atoms with Crippen LogP contribution in [0, 0.1) is 0 Å². The summed E-state index contributed by atoms with van der Waals surface area (Å²) in [6.07, 6.45) is -0.712. The molecule has 92 valence electrons. The minimum absolute atomic E-state index is 0.0494. The second-order valence-electron chi connectivity index (χ2n) is 4.29. The van der Waals surface area contributed by atoms with Crippen LogP contribution in [-0.4, -0.2) is 34.6 Å². The van der Waals surface area contributed by atoms with E-state index < -0.39 is 29.3 Å². The largest absolute Gasteiger partial charge is 0.444 e. The monoisotopic (exact) mass is 293 g/mol. The maximum Gasteiger partial charge on any atom is 0.408 e. The minimum Gasteiger partial charge on any atom is -0.444 e. The van der Waals surface area contributed by atoms with Crippen molar-refractivity contribution in [2.24, 2.45) is 0 Å². The third kappa shape index (κ3) is 5.85. The highest BCUT2D eigenvalue weighted by Crippen LogP contribution is 2.06. The summed E-state index contributed by atoms with van der Waals surface area (Å²) in [4.78, 5) is 33.6. The van der Waals surface area contributed by atoms with Crippen molar-refractivity contribution >= 4 is 33.6 Å². The molecule has 1 atom stereocenters. The highest BCUT2D eigenvalue weighted by atomic mass is 79.9. The maximum absolute atomic E-state index is 11.3. The van der Waals surface area contributed by atoms with Gasteiger partial charge in [-0.2, -0.15) is 0 Å². The van der Waals surface area contributed by atoms with Gasteiger partial charge in [0.05, 0.1) is 11.4 Å². The molecule has 0 bridgehead atoms. The molecule has 0 aliphatic rings. The fourth-order valence-electron chi connectivity index (χ4n) is 0.857. The summed E-state index contributed by atoms with van der Waals surface area (Å²) >= 11 is 2.88. The molecule has 0 aliphatic heterocycles. The average molecular weight is 294 g/mol. The molecule has 0 heterocycles. The summed E-state index contributed by atoms with van der Waals surface area (Å²) in [5, 5.41) is 2.25. The molecule has 0 saturated heterocycles. The van der Waals surface area contributed by atoms with Gasteiger partial charge in [0.2, 0.25) is 11.6 Å². The van der Waals surface area contributed by atoms with Crippen molar-refractivity contribution in [2.75, 3.05) is 5.33 Å². The summed E-state index contributed by atoms with van der Waals surface area (Å²) in [7, 11) is 0. The molecule has 0 aliphatic carbocycles. The average Bonchev–Trinajstić information content (AvgIpc) is 2.12. The molecule has 0 saturated carbocycles. The van der Waals surface area contributed by atoms with E-state index in [0.29, 0.717) is 0 Å². The van der Waals surface area contributed by atoms with Crippen molar-refractivity contribution in [2.45, 2.75) is 39.3 Å². The summed E-state index contributed by atoms with van der Waals surface area (Å²) in [6.45, 7) is 6.57. The van der Waals surface area contributed by atoms with Gasteiger partial charge in [-0.25, -0.2) is 4.79 Å². The van der Waals surface area contributed by atoms with E-state index in [1.54, 1.807) is 20.8 Å². The number of hydrogen-bond donors (Lipinski definition) is 1. The molecule has 0 radical (unpaired) electrons. The Balaban J connectivity index is 4.25. The molecule has 0 aromatic heterocycles. The van der Waals surface area contributed by atoms with Crippen LogP contribution >= 0.6 is 15.9 Å². The van der Waals surface area contributed by atoms with Crippen LogP contribution in [0.1, 0.15) is 27.7 Å². The highest BCUT2D eigenvalue weighted by Gasteiger charge is 2.24. The second kappa shape index (κ2) is 5.98. The first-order valence-electron chi connectivity index (χ1n) is 4.80. The molecule has 1 amide bonds. The van der Waals surface area contributed by atoms with Crippen LogP contribution in [0.3, 0.4) is 0 Å². The molecule has 5 nitrogen and oxygen atoms in total. The Bertz CT molecular complexity index is 296. The Morgan fingerprint density at radius 1 is 1.31 bits per heavy atom. The first-order valence-corrected chi connectivity index (χ1v) is 5.92. The zero-order chi connectivity index (χ0) is 12.9. The molecular formula is C10H16BrNO4. The third-order valence-corrected chi connectivity index (χ3v) is 2.03. The summed E-state index contributed by atoms with van der Waals surface area (Å²) in [5.41, 5.74) is -0.633.